The third-order valence-corrected chi connectivity index (χ3v) is 9.91. The smallest absolute Gasteiger partial charge is 0.291 e. The van der Waals surface area contributed by atoms with Gasteiger partial charge in [0.25, 0.3) is 5.91 Å². The maximum Gasteiger partial charge on any atom is 0.291 e. The third kappa shape index (κ3) is 8.39. The molecule has 0 radical (unpaired) electrons. The fourth-order valence-corrected chi connectivity index (χ4v) is 6.86. The molecular weight excluding hydrogens is 542 g/mol. The van der Waals surface area contributed by atoms with Crippen LogP contribution in [0.25, 0.3) is 5.57 Å². The van der Waals surface area contributed by atoms with Gasteiger partial charge in [0.05, 0.1) is 22.6 Å². The van der Waals surface area contributed by atoms with Crippen LogP contribution < -0.4 is 5.32 Å². The van der Waals surface area contributed by atoms with E-state index in [9.17, 15) is 10.1 Å². The Kier molecular flexibility index (Phi) is 9.22. The van der Waals surface area contributed by atoms with Crippen LogP contribution in [0, 0.1) is 16.7 Å². The van der Waals surface area contributed by atoms with Crippen molar-refractivity contribution in [2.24, 2.45) is 5.41 Å². The second kappa shape index (κ2) is 12.1. The summed E-state index contributed by atoms with van der Waals surface area (Å²) in [5, 5.41) is 12.6. The quantitative estimate of drug-likeness (QED) is 0.236. The molecule has 1 N–H and O–H groups in total. The van der Waals surface area contributed by atoms with Crippen LogP contribution in [0.3, 0.4) is 0 Å². The molecule has 3 heterocycles. The predicted octanol–water partition coefficient (Wildman–Crippen LogP) is 7.76. The number of carbonyl (C=O) groups excluding carboxylic acids is 1. The Balaban J connectivity index is 1.63. The molecule has 9 heteroatoms. The van der Waals surface area contributed by atoms with Crippen LogP contribution in [0.5, 0.6) is 0 Å². The zero-order chi connectivity index (χ0) is 30.9. The molecule has 228 valence electrons. The van der Waals surface area contributed by atoms with Gasteiger partial charge < -0.3 is 19.4 Å². The number of hydrogen-bond donors (Lipinski definition) is 1. The van der Waals surface area contributed by atoms with Gasteiger partial charge in [0.1, 0.15) is 12.8 Å². The predicted molar refractivity (Wildman–Crippen MR) is 170 cm³/mol. The van der Waals surface area contributed by atoms with Crippen LogP contribution in [0.15, 0.2) is 24.4 Å². The summed E-state index contributed by atoms with van der Waals surface area (Å²) >= 11 is 0. The third-order valence-electron chi connectivity index (χ3n) is 8.21. The summed E-state index contributed by atoms with van der Waals surface area (Å²) in [5.41, 5.74) is 3.60. The second-order valence-corrected chi connectivity index (χ2v) is 20.9. The summed E-state index contributed by atoms with van der Waals surface area (Å²) < 4.78 is 13.9. The van der Waals surface area contributed by atoms with Crippen molar-refractivity contribution < 1.29 is 14.3 Å². The first-order chi connectivity index (χ1) is 19.5. The molecule has 0 atom stereocenters. The Labute approximate surface area is 252 Å². The van der Waals surface area contributed by atoms with Gasteiger partial charge >= 0.3 is 0 Å². The van der Waals surface area contributed by atoms with Gasteiger partial charge in [-0.3, -0.25) is 9.78 Å². The number of carbonyl (C=O) groups is 1. The number of nitrogens with zero attached hydrogens (tertiary/aromatic N) is 4. The second-order valence-electron chi connectivity index (χ2n) is 15.3. The van der Waals surface area contributed by atoms with Crippen molar-refractivity contribution in [2.45, 2.75) is 123 Å². The lowest BCUT2D eigenvalue weighted by molar-refractivity contribution is -0.162. The van der Waals surface area contributed by atoms with E-state index in [0.29, 0.717) is 12.3 Å². The monoisotopic (exact) mass is 591 g/mol. The van der Waals surface area contributed by atoms with Crippen LogP contribution >= 0.6 is 0 Å². The summed E-state index contributed by atoms with van der Waals surface area (Å²) in [5.74, 6) is 0.0192. The van der Waals surface area contributed by atoms with Crippen molar-refractivity contribution in [3.8, 4) is 6.07 Å². The molecule has 2 aromatic heterocycles. The average Bonchev–Trinajstić information content (AvgIpc) is 3.28. The van der Waals surface area contributed by atoms with Crippen molar-refractivity contribution in [2.75, 3.05) is 11.9 Å². The number of anilines is 1. The number of nitrogens with one attached hydrogen (secondary N) is 1. The topological polar surface area (TPSA) is 102 Å². The van der Waals surface area contributed by atoms with E-state index in [0.717, 1.165) is 55.1 Å². The molecule has 1 fully saturated rings. The van der Waals surface area contributed by atoms with E-state index in [1.165, 1.54) is 0 Å². The van der Waals surface area contributed by atoms with Crippen molar-refractivity contribution >= 4 is 25.2 Å². The molecular formula is C33H49N5O3Si. The molecule has 42 heavy (non-hydrogen) atoms. The summed E-state index contributed by atoms with van der Waals surface area (Å²) in [6.45, 7) is 20.8. The lowest BCUT2D eigenvalue weighted by Crippen LogP contribution is -2.44. The molecule has 0 aromatic carbocycles. The molecule has 8 nitrogen and oxygen atoms in total. The lowest BCUT2D eigenvalue weighted by atomic mass is 9.77. The van der Waals surface area contributed by atoms with Crippen molar-refractivity contribution in [3.05, 3.63) is 47.3 Å². The zero-order valence-corrected chi connectivity index (χ0v) is 28.1. The minimum absolute atomic E-state index is 0.154. The van der Waals surface area contributed by atoms with Gasteiger partial charge in [0.2, 0.25) is 5.82 Å². The summed E-state index contributed by atoms with van der Waals surface area (Å²) in [6.07, 6.45) is 8.54. The van der Waals surface area contributed by atoms with Crippen LogP contribution in [0.1, 0.15) is 107 Å². The summed E-state index contributed by atoms with van der Waals surface area (Å²) in [7, 11) is -1.25. The number of pyridine rings is 1. The fourth-order valence-electron chi connectivity index (χ4n) is 6.11. The van der Waals surface area contributed by atoms with Crippen molar-refractivity contribution in [1.82, 2.24) is 14.5 Å². The highest BCUT2D eigenvalue weighted by atomic mass is 28.3. The Morgan fingerprint density at radius 3 is 2.43 bits per heavy atom. The van der Waals surface area contributed by atoms with Crippen LogP contribution in [-0.2, 0) is 16.2 Å². The molecule has 4 rings (SSSR count). The van der Waals surface area contributed by atoms with E-state index in [-0.39, 0.29) is 46.7 Å². The maximum absolute atomic E-state index is 13.6. The van der Waals surface area contributed by atoms with Crippen LogP contribution in [-0.4, -0.2) is 46.3 Å². The van der Waals surface area contributed by atoms with E-state index < -0.39 is 8.07 Å². The van der Waals surface area contributed by atoms with Gasteiger partial charge in [-0.25, -0.2) is 4.98 Å². The molecule has 1 amide bonds. The number of amides is 1. The highest BCUT2D eigenvalue weighted by Gasteiger charge is 2.40. The number of hydrogen-bond acceptors (Lipinski definition) is 6. The number of allylic oxidation sites excluding steroid dienone is 2. The molecule has 1 aliphatic heterocycles. The molecule has 0 bridgehead atoms. The van der Waals surface area contributed by atoms with Gasteiger partial charge in [-0.2, -0.15) is 5.26 Å². The van der Waals surface area contributed by atoms with Crippen molar-refractivity contribution in [3.63, 3.8) is 0 Å². The van der Waals surface area contributed by atoms with E-state index >= 15 is 0 Å². The normalized spacial score (nSPS) is 20.0. The first-order valence-electron chi connectivity index (χ1n) is 15.2. The molecule has 2 aliphatic rings. The standard InChI is InChI=1S/C33H49N5O3Si/c1-31(2)14-12-23(13-15-31)28-27(11-10-26(36-28)24-18-32(3,4)41-33(5,6)19-24)37-30(39)29-35-25(20-34)21-38(29)22-40-16-17-42(7,8)9/h10-12,21,24H,13-19,22H2,1-9H3,(H,37,39). The summed E-state index contributed by atoms with van der Waals surface area (Å²) in [6, 6.07) is 7.10. The van der Waals surface area contributed by atoms with Crippen LogP contribution in [0.2, 0.25) is 25.7 Å². The minimum atomic E-state index is -1.25. The lowest BCUT2D eigenvalue weighted by Gasteiger charge is -2.45. The number of rotatable bonds is 9. The average molecular weight is 592 g/mol. The van der Waals surface area contributed by atoms with Gasteiger partial charge in [0.15, 0.2) is 5.69 Å². The number of imidazole rings is 1. The largest absolute Gasteiger partial charge is 0.370 e. The molecule has 0 spiro atoms. The maximum atomic E-state index is 13.6. The van der Waals surface area contributed by atoms with E-state index in [2.05, 4.69) is 83.6 Å². The first-order valence-corrected chi connectivity index (χ1v) is 18.9. The Hall–Kier alpha value is -2.80. The Bertz CT molecular complexity index is 1360. The first kappa shape index (κ1) is 32.1. The van der Waals surface area contributed by atoms with Crippen LogP contribution in [0.4, 0.5) is 5.69 Å². The number of ether oxygens (including phenoxy) is 2. The SMILES string of the molecule is CC1(C)CC=C(c2nc(C3CC(C)(C)OC(C)(C)C3)ccc2NC(=O)c2nc(C#N)cn2COCC[Si](C)(C)C)CC1. The molecule has 0 saturated carbocycles. The van der Waals surface area contributed by atoms with Gasteiger partial charge in [0, 0.05) is 32.5 Å². The zero-order valence-electron chi connectivity index (χ0n) is 27.1. The van der Waals surface area contributed by atoms with E-state index in [1.807, 2.05) is 12.1 Å². The number of nitriles is 1. The Morgan fingerprint density at radius 2 is 1.83 bits per heavy atom. The molecule has 1 saturated heterocycles. The van der Waals surface area contributed by atoms with E-state index in [1.54, 1.807) is 10.8 Å². The minimum Gasteiger partial charge on any atom is -0.370 e. The van der Waals surface area contributed by atoms with Gasteiger partial charge in [-0.15, -0.1) is 0 Å². The molecule has 2 aromatic rings. The summed E-state index contributed by atoms with van der Waals surface area (Å²) in [4.78, 5) is 23.2. The van der Waals surface area contributed by atoms with Gasteiger partial charge in [-0.05, 0) is 89.0 Å². The van der Waals surface area contributed by atoms with Gasteiger partial charge in [-0.1, -0.05) is 39.6 Å². The fraction of sp³-hybridized carbons (Fsp3) is 0.636. The highest BCUT2D eigenvalue weighted by Crippen LogP contribution is 2.44. The Morgan fingerprint density at radius 1 is 1.14 bits per heavy atom. The molecule has 1 aliphatic carbocycles. The highest BCUT2D eigenvalue weighted by molar-refractivity contribution is 6.76. The van der Waals surface area contributed by atoms with Crippen molar-refractivity contribution in [1.29, 1.82) is 5.26 Å². The molecule has 0 unspecified atom stereocenters. The van der Waals surface area contributed by atoms with E-state index in [4.69, 9.17) is 14.5 Å². The number of aromatic nitrogens is 3.